The van der Waals surface area contributed by atoms with E-state index in [2.05, 4.69) is 55.7 Å². The van der Waals surface area contributed by atoms with Crippen molar-refractivity contribution >= 4 is 31.9 Å². The minimum absolute atomic E-state index is 0.137. The Morgan fingerprint density at radius 1 is 1.30 bits per heavy atom. The lowest BCUT2D eigenvalue weighted by molar-refractivity contribution is 0.631. The van der Waals surface area contributed by atoms with Crippen LogP contribution in [0.3, 0.4) is 0 Å². The van der Waals surface area contributed by atoms with Crippen LogP contribution in [0.4, 0.5) is 0 Å². The predicted octanol–water partition coefficient (Wildman–Crippen LogP) is 4.47. The van der Waals surface area contributed by atoms with Crippen molar-refractivity contribution in [3.63, 3.8) is 0 Å². The Labute approximate surface area is 135 Å². The van der Waals surface area contributed by atoms with Crippen LogP contribution in [0.25, 0.3) is 11.4 Å². The average molecular weight is 400 g/mol. The Balaban J connectivity index is 2.54. The molecule has 5 heteroatoms. The highest BCUT2D eigenvalue weighted by Gasteiger charge is 2.12. The molecule has 1 N–H and O–H groups in total. The molecular weight excluding hydrogens is 384 g/mol. The third-order valence-electron chi connectivity index (χ3n) is 2.98. The van der Waals surface area contributed by atoms with Crippen molar-refractivity contribution in [1.82, 2.24) is 9.97 Å². The lowest BCUT2D eigenvalue weighted by Gasteiger charge is -2.09. The number of nitrogens with zero attached hydrogens (tertiary/aromatic N) is 1. The number of rotatable bonds is 3. The van der Waals surface area contributed by atoms with Gasteiger partial charge in [-0.15, -0.1) is 0 Å². The Morgan fingerprint density at radius 3 is 2.60 bits per heavy atom. The second-order valence-corrected chi connectivity index (χ2v) is 6.88. The van der Waals surface area contributed by atoms with Gasteiger partial charge in [-0.25, -0.2) is 4.98 Å². The van der Waals surface area contributed by atoms with Crippen LogP contribution < -0.4 is 5.56 Å². The third kappa shape index (κ3) is 3.38. The molecule has 0 amide bonds. The van der Waals surface area contributed by atoms with E-state index in [1.165, 1.54) is 0 Å². The molecule has 3 nitrogen and oxygen atoms in total. The summed E-state index contributed by atoms with van der Waals surface area (Å²) in [6, 6.07) is 5.94. The molecule has 1 aromatic carbocycles. The molecule has 0 spiro atoms. The van der Waals surface area contributed by atoms with Gasteiger partial charge in [0.1, 0.15) is 10.3 Å². The van der Waals surface area contributed by atoms with Crippen LogP contribution in [0.2, 0.25) is 0 Å². The summed E-state index contributed by atoms with van der Waals surface area (Å²) >= 11 is 6.83. The first-order valence-electron chi connectivity index (χ1n) is 6.43. The Kier molecular flexibility index (Phi) is 4.81. The number of H-pyrrole nitrogens is 1. The fraction of sp³-hybridized carbons (Fsp3) is 0.333. The number of benzene rings is 1. The van der Waals surface area contributed by atoms with Crippen LogP contribution in [0, 0.1) is 12.8 Å². The van der Waals surface area contributed by atoms with Crippen molar-refractivity contribution < 1.29 is 0 Å². The van der Waals surface area contributed by atoms with Gasteiger partial charge in [-0.2, -0.15) is 0 Å². The highest BCUT2D eigenvalue weighted by atomic mass is 79.9. The van der Waals surface area contributed by atoms with Gasteiger partial charge in [0.25, 0.3) is 5.56 Å². The van der Waals surface area contributed by atoms with Crippen molar-refractivity contribution in [1.29, 1.82) is 0 Å². The molecule has 106 valence electrons. The number of nitrogens with one attached hydrogen (secondary N) is 1. The molecule has 0 saturated carbocycles. The van der Waals surface area contributed by atoms with Gasteiger partial charge in [0.15, 0.2) is 0 Å². The number of aromatic nitrogens is 2. The molecule has 0 radical (unpaired) electrons. The molecule has 0 fully saturated rings. The second-order valence-electron chi connectivity index (χ2n) is 5.24. The van der Waals surface area contributed by atoms with Crippen molar-refractivity contribution in [2.24, 2.45) is 5.92 Å². The first-order chi connectivity index (χ1) is 9.38. The van der Waals surface area contributed by atoms with Gasteiger partial charge in [-0.3, -0.25) is 4.79 Å². The van der Waals surface area contributed by atoms with Gasteiger partial charge in [0.2, 0.25) is 0 Å². The first-order valence-corrected chi connectivity index (χ1v) is 8.02. The molecular formula is C15H16Br2N2O. The van der Waals surface area contributed by atoms with E-state index in [0.29, 0.717) is 16.2 Å². The number of hydrogen-bond acceptors (Lipinski definition) is 2. The Bertz CT molecular complexity index is 693. The summed E-state index contributed by atoms with van der Waals surface area (Å²) < 4.78 is 1.53. The van der Waals surface area contributed by atoms with Crippen molar-refractivity contribution in [3.8, 4) is 11.4 Å². The summed E-state index contributed by atoms with van der Waals surface area (Å²) in [6.45, 7) is 6.24. The highest BCUT2D eigenvalue weighted by Crippen LogP contribution is 2.24. The lowest BCUT2D eigenvalue weighted by atomic mass is 10.1. The zero-order valence-corrected chi connectivity index (χ0v) is 14.8. The third-order valence-corrected chi connectivity index (χ3v) is 4.65. The Hall–Kier alpha value is -0.940. The number of hydrogen-bond donors (Lipinski definition) is 1. The standard InChI is InChI=1S/C15H16Br2N2O/c1-8(2)6-12-13(17)15(20)19-14(18-12)10-5-4-9(3)11(16)7-10/h4-5,7-8H,6H2,1-3H3,(H,18,19,20). The van der Waals surface area contributed by atoms with Crippen molar-refractivity contribution in [3.05, 3.63) is 48.8 Å². The molecule has 2 aromatic rings. The number of aryl methyl sites for hydroxylation is 1. The van der Waals surface area contributed by atoms with E-state index in [0.717, 1.165) is 27.7 Å². The summed E-state index contributed by atoms with van der Waals surface area (Å²) in [5.41, 5.74) is 2.71. The quantitative estimate of drug-likeness (QED) is 0.827. The molecule has 0 atom stereocenters. The van der Waals surface area contributed by atoms with E-state index >= 15 is 0 Å². The molecule has 0 aliphatic heterocycles. The van der Waals surface area contributed by atoms with E-state index in [4.69, 9.17) is 0 Å². The topological polar surface area (TPSA) is 45.8 Å². The zero-order valence-electron chi connectivity index (χ0n) is 11.6. The molecule has 1 aromatic heterocycles. The maximum absolute atomic E-state index is 12.0. The van der Waals surface area contributed by atoms with Crippen molar-refractivity contribution in [2.45, 2.75) is 27.2 Å². The van der Waals surface area contributed by atoms with Crippen LogP contribution in [-0.2, 0) is 6.42 Å². The molecule has 0 unspecified atom stereocenters. The van der Waals surface area contributed by atoms with Gasteiger partial charge in [-0.1, -0.05) is 41.9 Å². The van der Waals surface area contributed by atoms with E-state index in [-0.39, 0.29) is 5.56 Å². The zero-order chi connectivity index (χ0) is 14.9. The molecule has 0 saturated heterocycles. The number of halogens is 2. The SMILES string of the molecule is Cc1ccc(-c2nc(CC(C)C)c(Br)c(=O)[nH]2)cc1Br. The molecule has 0 aliphatic carbocycles. The molecule has 20 heavy (non-hydrogen) atoms. The summed E-state index contributed by atoms with van der Waals surface area (Å²) in [7, 11) is 0. The molecule has 0 aliphatic rings. The predicted molar refractivity (Wildman–Crippen MR) is 89.0 cm³/mol. The van der Waals surface area contributed by atoms with Crippen LogP contribution in [0.15, 0.2) is 31.9 Å². The van der Waals surface area contributed by atoms with Crippen LogP contribution in [0.1, 0.15) is 25.1 Å². The summed E-state index contributed by atoms with van der Waals surface area (Å²) in [5.74, 6) is 1.05. The monoisotopic (exact) mass is 398 g/mol. The van der Waals surface area contributed by atoms with Crippen molar-refractivity contribution in [2.75, 3.05) is 0 Å². The minimum Gasteiger partial charge on any atom is -0.306 e. The molecule has 0 bridgehead atoms. The van der Waals surface area contributed by atoms with E-state index in [1.54, 1.807) is 0 Å². The smallest absolute Gasteiger partial charge is 0.265 e. The van der Waals surface area contributed by atoms with Crippen LogP contribution in [-0.4, -0.2) is 9.97 Å². The maximum Gasteiger partial charge on any atom is 0.265 e. The maximum atomic E-state index is 12.0. The highest BCUT2D eigenvalue weighted by molar-refractivity contribution is 9.10. The average Bonchev–Trinajstić information content (AvgIpc) is 2.37. The Morgan fingerprint density at radius 2 is 2.00 bits per heavy atom. The van der Waals surface area contributed by atoms with Gasteiger partial charge >= 0.3 is 0 Å². The lowest BCUT2D eigenvalue weighted by Crippen LogP contribution is -2.15. The second kappa shape index (κ2) is 6.22. The largest absolute Gasteiger partial charge is 0.306 e. The minimum atomic E-state index is -0.137. The first kappa shape index (κ1) is 15.4. The summed E-state index contributed by atoms with van der Waals surface area (Å²) in [4.78, 5) is 19.4. The van der Waals surface area contributed by atoms with E-state index in [1.807, 2.05) is 25.1 Å². The van der Waals surface area contributed by atoms with Gasteiger partial charge in [0.05, 0.1) is 5.69 Å². The fourth-order valence-electron chi connectivity index (χ4n) is 1.90. The van der Waals surface area contributed by atoms with Crippen LogP contribution in [0.5, 0.6) is 0 Å². The van der Waals surface area contributed by atoms with Gasteiger partial charge in [-0.05, 0) is 46.8 Å². The normalized spacial score (nSPS) is 11.1. The molecule has 1 heterocycles. The van der Waals surface area contributed by atoms with Gasteiger partial charge in [0, 0.05) is 10.0 Å². The van der Waals surface area contributed by atoms with E-state index in [9.17, 15) is 4.79 Å². The van der Waals surface area contributed by atoms with E-state index < -0.39 is 0 Å². The summed E-state index contributed by atoms with van der Waals surface area (Å²) in [5, 5.41) is 0. The van der Waals surface area contributed by atoms with Crippen LogP contribution >= 0.6 is 31.9 Å². The summed E-state index contributed by atoms with van der Waals surface area (Å²) in [6.07, 6.45) is 0.768. The fourth-order valence-corrected chi connectivity index (χ4v) is 2.63. The van der Waals surface area contributed by atoms with Gasteiger partial charge < -0.3 is 4.98 Å². The number of aromatic amines is 1. The molecule has 2 rings (SSSR count).